The summed E-state index contributed by atoms with van der Waals surface area (Å²) in [6.45, 7) is 6.95. The maximum Gasteiger partial charge on any atom is 0.148 e. The molecule has 128 valence electrons. The molecule has 0 amide bonds. The topological polar surface area (TPSA) is 18.8 Å². The highest BCUT2D eigenvalue weighted by Gasteiger charge is 2.16. The number of hydrogen-bond donors (Lipinski definition) is 0. The van der Waals surface area contributed by atoms with E-state index in [-0.39, 0.29) is 5.82 Å². The average molecular weight is 348 g/mol. The molecule has 0 N–H and O–H groups in total. The largest absolute Gasteiger partial charge is 0.366 e. The SMILES string of the molecule is CCN(C)/C=N\c1cc(C)c(N(C)c2c(F)cccc2Cl)cc1C. The van der Waals surface area contributed by atoms with Gasteiger partial charge in [-0.25, -0.2) is 9.38 Å². The fourth-order valence-corrected chi connectivity index (χ4v) is 2.75. The molecule has 0 heterocycles. The number of benzene rings is 2. The van der Waals surface area contributed by atoms with Crippen LogP contribution in [0.15, 0.2) is 35.3 Å². The van der Waals surface area contributed by atoms with Crippen molar-refractivity contribution in [1.29, 1.82) is 0 Å². The molecule has 0 radical (unpaired) electrons. The van der Waals surface area contributed by atoms with Crippen LogP contribution < -0.4 is 4.90 Å². The van der Waals surface area contributed by atoms with Gasteiger partial charge in [0, 0.05) is 26.3 Å². The highest BCUT2D eigenvalue weighted by atomic mass is 35.5. The van der Waals surface area contributed by atoms with E-state index in [1.54, 1.807) is 17.0 Å². The number of nitrogens with zero attached hydrogens (tertiary/aromatic N) is 3. The van der Waals surface area contributed by atoms with Crippen LogP contribution in [0.3, 0.4) is 0 Å². The average Bonchev–Trinajstić information content (AvgIpc) is 2.54. The van der Waals surface area contributed by atoms with Crippen LogP contribution in [0, 0.1) is 19.7 Å². The highest BCUT2D eigenvalue weighted by Crippen LogP contribution is 2.36. The molecule has 5 heteroatoms. The van der Waals surface area contributed by atoms with Gasteiger partial charge in [0.2, 0.25) is 0 Å². The molecule has 0 atom stereocenters. The molecule has 2 aromatic rings. The number of halogens is 2. The maximum atomic E-state index is 14.2. The van der Waals surface area contributed by atoms with E-state index in [9.17, 15) is 4.39 Å². The van der Waals surface area contributed by atoms with Crippen LogP contribution in [-0.2, 0) is 0 Å². The van der Waals surface area contributed by atoms with Gasteiger partial charge in [0.25, 0.3) is 0 Å². The van der Waals surface area contributed by atoms with Gasteiger partial charge in [-0.05, 0) is 56.2 Å². The van der Waals surface area contributed by atoms with E-state index in [1.165, 1.54) is 6.07 Å². The minimum atomic E-state index is -0.339. The number of para-hydroxylation sites is 1. The quantitative estimate of drug-likeness (QED) is 0.527. The number of hydrogen-bond acceptors (Lipinski definition) is 2. The van der Waals surface area contributed by atoms with E-state index in [4.69, 9.17) is 11.6 Å². The first-order chi connectivity index (χ1) is 11.3. The Morgan fingerprint density at radius 3 is 2.50 bits per heavy atom. The van der Waals surface area contributed by atoms with Crippen LogP contribution in [-0.4, -0.2) is 31.9 Å². The summed E-state index contributed by atoms with van der Waals surface area (Å²) in [5.74, 6) is -0.339. The van der Waals surface area contributed by atoms with Crippen molar-refractivity contribution in [3.05, 3.63) is 52.3 Å². The summed E-state index contributed by atoms with van der Waals surface area (Å²) >= 11 is 6.19. The van der Waals surface area contributed by atoms with Crippen LogP contribution in [0.5, 0.6) is 0 Å². The highest BCUT2D eigenvalue weighted by molar-refractivity contribution is 6.33. The molecule has 2 rings (SSSR count). The first-order valence-electron chi connectivity index (χ1n) is 7.88. The van der Waals surface area contributed by atoms with Crippen LogP contribution in [0.2, 0.25) is 5.02 Å². The van der Waals surface area contributed by atoms with Crippen molar-refractivity contribution in [2.24, 2.45) is 4.99 Å². The van der Waals surface area contributed by atoms with E-state index < -0.39 is 0 Å². The predicted molar refractivity (Wildman–Crippen MR) is 102 cm³/mol. The summed E-state index contributed by atoms with van der Waals surface area (Å²) in [5.41, 5.74) is 4.22. The summed E-state index contributed by atoms with van der Waals surface area (Å²) in [4.78, 5) is 8.32. The summed E-state index contributed by atoms with van der Waals surface area (Å²) in [6.07, 6.45) is 1.82. The molecular weight excluding hydrogens is 325 g/mol. The number of aryl methyl sites for hydroxylation is 2. The third-order valence-electron chi connectivity index (χ3n) is 4.04. The fourth-order valence-electron chi connectivity index (χ4n) is 2.46. The van der Waals surface area contributed by atoms with Crippen molar-refractivity contribution in [2.75, 3.05) is 25.5 Å². The number of rotatable bonds is 5. The zero-order chi connectivity index (χ0) is 17.9. The number of aliphatic imine (C=N–C) groups is 1. The van der Waals surface area contributed by atoms with Gasteiger partial charge in [-0.15, -0.1) is 0 Å². The fraction of sp³-hybridized carbons (Fsp3) is 0.316. The predicted octanol–water partition coefficient (Wildman–Crippen LogP) is 5.48. The molecule has 0 saturated heterocycles. The maximum absolute atomic E-state index is 14.2. The van der Waals surface area contributed by atoms with Gasteiger partial charge in [-0.3, -0.25) is 0 Å². The van der Waals surface area contributed by atoms with Crippen molar-refractivity contribution in [2.45, 2.75) is 20.8 Å². The minimum absolute atomic E-state index is 0.339. The van der Waals surface area contributed by atoms with E-state index in [0.29, 0.717) is 10.7 Å². The van der Waals surface area contributed by atoms with E-state index >= 15 is 0 Å². The molecule has 0 aliphatic carbocycles. The molecule has 0 aliphatic heterocycles. The lowest BCUT2D eigenvalue weighted by atomic mass is 10.1. The normalized spacial score (nSPS) is 11.1. The third-order valence-corrected chi connectivity index (χ3v) is 4.35. The van der Waals surface area contributed by atoms with Crippen LogP contribution >= 0.6 is 11.6 Å². The Hall–Kier alpha value is -2.07. The van der Waals surface area contributed by atoms with Gasteiger partial charge in [0.15, 0.2) is 0 Å². The second-order valence-electron chi connectivity index (χ2n) is 5.87. The van der Waals surface area contributed by atoms with Crippen molar-refractivity contribution < 1.29 is 4.39 Å². The van der Waals surface area contributed by atoms with Gasteiger partial charge in [-0.1, -0.05) is 17.7 Å². The summed E-state index contributed by atoms with van der Waals surface area (Å²) in [5, 5.41) is 0.390. The third kappa shape index (κ3) is 3.88. The van der Waals surface area contributed by atoms with E-state index in [2.05, 4.69) is 11.9 Å². The monoisotopic (exact) mass is 347 g/mol. The van der Waals surface area contributed by atoms with Gasteiger partial charge in [0.1, 0.15) is 5.82 Å². The molecule has 0 spiro atoms. The van der Waals surface area contributed by atoms with Crippen LogP contribution in [0.25, 0.3) is 0 Å². The minimum Gasteiger partial charge on any atom is -0.366 e. The lowest BCUT2D eigenvalue weighted by molar-refractivity contribution is 0.552. The Kier molecular flexibility index (Phi) is 5.84. The van der Waals surface area contributed by atoms with E-state index in [0.717, 1.165) is 29.0 Å². The second-order valence-corrected chi connectivity index (χ2v) is 6.28. The Labute approximate surface area is 148 Å². The number of anilines is 2. The Morgan fingerprint density at radius 1 is 1.17 bits per heavy atom. The first kappa shape index (κ1) is 18.3. The summed E-state index contributed by atoms with van der Waals surface area (Å²) in [7, 11) is 3.80. The standard InChI is InChI=1S/C19H23ClFN3/c1-6-23(4)12-22-17-10-14(3)18(11-13(17)2)24(5)19-15(20)8-7-9-16(19)21/h7-12H,6H2,1-5H3/b22-12-. The Morgan fingerprint density at radius 2 is 1.88 bits per heavy atom. The van der Waals surface area contributed by atoms with Crippen molar-refractivity contribution in [1.82, 2.24) is 4.90 Å². The van der Waals surface area contributed by atoms with Crippen molar-refractivity contribution in [3.63, 3.8) is 0 Å². The lowest BCUT2D eigenvalue weighted by Crippen LogP contribution is -2.14. The molecule has 0 fully saturated rings. The Balaban J connectivity index is 2.42. The molecule has 2 aromatic carbocycles. The molecule has 0 aliphatic rings. The van der Waals surface area contributed by atoms with Gasteiger partial charge >= 0.3 is 0 Å². The molecule has 0 bridgehead atoms. The molecule has 0 aromatic heterocycles. The molecule has 3 nitrogen and oxygen atoms in total. The van der Waals surface area contributed by atoms with Gasteiger partial charge in [0.05, 0.1) is 22.7 Å². The van der Waals surface area contributed by atoms with Crippen molar-refractivity contribution >= 4 is 35.0 Å². The van der Waals surface area contributed by atoms with Crippen LogP contribution in [0.1, 0.15) is 18.1 Å². The van der Waals surface area contributed by atoms with Crippen molar-refractivity contribution in [3.8, 4) is 0 Å². The second kappa shape index (κ2) is 7.67. The molecule has 0 unspecified atom stereocenters. The smallest absolute Gasteiger partial charge is 0.148 e. The lowest BCUT2D eigenvalue weighted by Gasteiger charge is -2.24. The summed E-state index contributed by atoms with van der Waals surface area (Å²) < 4.78 is 14.2. The summed E-state index contributed by atoms with van der Waals surface area (Å²) in [6, 6.07) is 8.73. The molecule has 0 saturated carbocycles. The van der Waals surface area contributed by atoms with Gasteiger partial charge < -0.3 is 9.80 Å². The molecular formula is C19H23ClFN3. The van der Waals surface area contributed by atoms with Crippen LogP contribution in [0.4, 0.5) is 21.5 Å². The zero-order valence-corrected chi connectivity index (χ0v) is 15.5. The Bertz CT molecular complexity index is 738. The van der Waals surface area contributed by atoms with E-state index in [1.807, 2.05) is 51.3 Å². The first-order valence-corrected chi connectivity index (χ1v) is 8.26. The zero-order valence-electron chi connectivity index (χ0n) is 14.8. The van der Waals surface area contributed by atoms with Gasteiger partial charge in [-0.2, -0.15) is 0 Å². The molecule has 24 heavy (non-hydrogen) atoms.